The fourth-order valence-corrected chi connectivity index (χ4v) is 4.18. The zero-order chi connectivity index (χ0) is 15.5. The van der Waals surface area contributed by atoms with Gasteiger partial charge in [-0.1, -0.05) is 6.07 Å². The predicted molar refractivity (Wildman–Crippen MR) is 83.1 cm³/mol. The summed E-state index contributed by atoms with van der Waals surface area (Å²) >= 11 is 0. The molecule has 0 amide bonds. The number of ether oxygens (including phenoxy) is 1. The number of methoxy groups -OCH3 is 1. The van der Waals surface area contributed by atoms with Crippen molar-refractivity contribution < 1.29 is 13.2 Å². The molecule has 0 radical (unpaired) electrons. The molecule has 6 heteroatoms. The molecule has 0 bridgehead atoms. The van der Waals surface area contributed by atoms with E-state index in [-0.39, 0.29) is 4.90 Å². The van der Waals surface area contributed by atoms with Crippen molar-refractivity contribution in [3.63, 3.8) is 0 Å². The highest BCUT2D eigenvalue weighted by Crippen LogP contribution is 2.28. The minimum Gasteiger partial charge on any atom is -0.495 e. The van der Waals surface area contributed by atoms with Gasteiger partial charge in [-0.05, 0) is 56.5 Å². The van der Waals surface area contributed by atoms with E-state index in [1.807, 2.05) is 13.0 Å². The maximum atomic E-state index is 12.8. The van der Waals surface area contributed by atoms with E-state index in [2.05, 4.69) is 5.32 Å². The fraction of sp³-hybridized carbons (Fsp3) is 0.600. The summed E-state index contributed by atoms with van der Waals surface area (Å²) in [7, 11) is -0.384. The summed E-state index contributed by atoms with van der Waals surface area (Å²) in [5.74, 6) is 0.767. The highest BCUT2D eigenvalue weighted by atomic mass is 32.2. The topological polar surface area (TPSA) is 58.6 Å². The van der Waals surface area contributed by atoms with Crippen molar-refractivity contribution in [2.75, 3.05) is 33.8 Å². The van der Waals surface area contributed by atoms with Gasteiger partial charge in [-0.3, -0.25) is 0 Å². The van der Waals surface area contributed by atoms with E-state index < -0.39 is 10.0 Å². The number of nitrogens with zero attached hydrogens (tertiary/aromatic N) is 1. The Morgan fingerprint density at radius 1 is 1.43 bits per heavy atom. The highest BCUT2D eigenvalue weighted by molar-refractivity contribution is 7.89. The molecule has 1 unspecified atom stereocenters. The van der Waals surface area contributed by atoms with Crippen LogP contribution in [0.25, 0.3) is 0 Å². The second-order valence-electron chi connectivity index (χ2n) is 5.65. The minimum absolute atomic E-state index is 0.247. The third kappa shape index (κ3) is 3.75. The quantitative estimate of drug-likeness (QED) is 0.898. The van der Waals surface area contributed by atoms with Crippen molar-refractivity contribution in [3.05, 3.63) is 23.8 Å². The van der Waals surface area contributed by atoms with E-state index in [0.717, 1.165) is 31.5 Å². The number of hydrogen-bond acceptors (Lipinski definition) is 4. The summed E-state index contributed by atoms with van der Waals surface area (Å²) in [6.45, 7) is 4.32. The number of sulfonamides is 1. The van der Waals surface area contributed by atoms with E-state index in [0.29, 0.717) is 18.2 Å². The van der Waals surface area contributed by atoms with Gasteiger partial charge in [0.1, 0.15) is 10.6 Å². The summed E-state index contributed by atoms with van der Waals surface area (Å²) in [4.78, 5) is 0.247. The van der Waals surface area contributed by atoms with Gasteiger partial charge in [0, 0.05) is 13.6 Å². The van der Waals surface area contributed by atoms with Gasteiger partial charge in [0.05, 0.1) is 7.11 Å². The number of nitrogens with one attached hydrogen (secondary N) is 1. The standard InChI is InChI=1S/C15H24N2O3S/c1-12-6-7-14(20-3)15(9-12)21(18,19)17(2)11-13-5-4-8-16-10-13/h6-7,9,13,16H,4-5,8,10-11H2,1-3H3. The number of hydrogen-bond donors (Lipinski definition) is 1. The molecule has 21 heavy (non-hydrogen) atoms. The van der Waals surface area contributed by atoms with Crippen LogP contribution in [-0.2, 0) is 10.0 Å². The summed E-state index contributed by atoms with van der Waals surface area (Å²) in [6, 6.07) is 5.23. The average molecular weight is 312 g/mol. The Labute approximate surface area is 127 Å². The molecule has 1 aromatic rings. The lowest BCUT2D eigenvalue weighted by Crippen LogP contribution is -2.39. The van der Waals surface area contributed by atoms with Crippen molar-refractivity contribution >= 4 is 10.0 Å². The van der Waals surface area contributed by atoms with E-state index in [1.54, 1.807) is 19.2 Å². The van der Waals surface area contributed by atoms with Crippen LogP contribution in [0.3, 0.4) is 0 Å². The molecule has 1 saturated heterocycles. The minimum atomic E-state index is -3.52. The second kappa shape index (κ2) is 6.77. The molecule has 1 N–H and O–H groups in total. The number of rotatable bonds is 5. The summed E-state index contributed by atoms with van der Waals surface area (Å²) in [5.41, 5.74) is 0.905. The number of piperidine rings is 1. The zero-order valence-electron chi connectivity index (χ0n) is 12.9. The molecule has 0 aliphatic carbocycles. The van der Waals surface area contributed by atoms with Crippen LogP contribution in [0, 0.1) is 12.8 Å². The van der Waals surface area contributed by atoms with Crippen LogP contribution in [0.15, 0.2) is 23.1 Å². The number of benzene rings is 1. The summed E-state index contributed by atoms with van der Waals surface area (Å²) in [5, 5.41) is 3.32. The first kappa shape index (κ1) is 16.3. The first-order valence-corrected chi connectivity index (χ1v) is 8.71. The third-order valence-corrected chi connectivity index (χ3v) is 5.77. The molecule has 0 saturated carbocycles. The molecule has 2 rings (SSSR count). The molecular formula is C15H24N2O3S. The Morgan fingerprint density at radius 2 is 2.19 bits per heavy atom. The van der Waals surface area contributed by atoms with Crippen LogP contribution in [0.4, 0.5) is 0 Å². The lowest BCUT2D eigenvalue weighted by Gasteiger charge is -2.27. The van der Waals surface area contributed by atoms with Gasteiger partial charge >= 0.3 is 0 Å². The van der Waals surface area contributed by atoms with Gasteiger partial charge in [-0.2, -0.15) is 0 Å². The molecule has 5 nitrogen and oxygen atoms in total. The molecule has 1 aliphatic heterocycles. The Bertz CT molecular complexity index is 581. The van der Waals surface area contributed by atoms with E-state index >= 15 is 0 Å². The van der Waals surface area contributed by atoms with Crippen LogP contribution in [0.2, 0.25) is 0 Å². The molecule has 1 heterocycles. The van der Waals surface area contributed by atoms with Gasteiger partial charge in [0.2, 0.25) is 10.0 Å². The highest BCUT2D eigenvalue weighted by Gasteiger charge is 2.27. The summed E-state index contributed by atoms with van der Waals surface area (Å²) < 4.78 is 32.2. The molecule has 1 aliphatic rings. The smallest absolute Gasteiger partial charge is 0.246 e. The summed E-state index contributed by atoms with van der Waals surface area (Å²) in [6.07, 6.45) is 2.17. The lowest BCUT2D eigenvalue weighted by molar-refractivity contribution is 0.313. The first-order valence-electron chi connectivity index (χ1n) is 7.27. The zero-order valence-corrected chi connectivity index (χ0v) is 13.7. The van der Waals surface area contributed by atoms with Crippen molar-refractivity contribution in [1.29, 1.82) is 0 Å². The van der Waals surface area contributed by atoms with Crippen LogP contribution >= 0.6 is 0 Å². The van der Waals surface area contributed by atoms with E-state index in [1.165, 1.54) is 11.4 Å². The van der Waals surface area contributed by atoms with Crippen LogP contribution in [-0.4, -0.2) is 46.5 Å². The van der Waals surface area contributed by atoms with E-state index in [4.69, 9.17) is 4.74 Å². The molecule has 0 aromatic heterocycles. The van der Waals surface area contributed by atoms with Gasteiger partial charge in [-0.25, -0.2) is 12.7 Å². The molecule has 0 spiro atoms. The lowest BCUT2D eigenvalue weighted by atomic mass is 10.00. The van der Waals surface area contributed by atoms with Crippen LogP contribution in [0.5, 0.6) is 5.75 Å². The maximum Gasteiger partial charge on any atom is 0.246 e. The van der Waals surface area contributed by atoms with Crippen LogP contribution < -0.4 is 10.1 Å². The predicted octanol–water partition coefficient (Wildman–Crippen LogP) is 1.62. The Kier molecular flexibility index (Phi) is 5.24. The van der Waals surface area contributed by atoms with E-state index in [9.17, 15) is 8.42 Å². The maximum absolute atomic E-state index is 12.8. The molecular weight excluding hydrogens is 288 g/mol. The van der Waals surface area contributed by atoms with Gasteiger partial charge in [0.25, 0.3) is 0 Å². The normalized spacial score (nSPS) is 19.7. The third-order valence-electron chi connectivity index (χ3n) is 3.92. The van der Waals surface area contributed by atoms with Crippen molar-refractivity contribution in [1.82, 2.24) is 9.62 Å². The molecule has 1 atom stereocenters. The monoisotopic (exact) mass is 312 g/mol. The Hall–Kier alpha value is -1.11. The molecule has 118 valence electrons. The number of aryl methyl sites for hydroxylation is 1. The Balaban J connectivity index is 2.22. The van der Waals surface area contributed by atoms with Gasteiger partial charge < -0.3 is 10.1 Å². The van der Waals surface area contributed by atoms with Crippen molar-refractivity contribution in [3.8, 4) is 5.75 Å². The second-order valence-corrected chi connectivity index (χ2v) is 7.67. The van der Waals surface area contributed by atoms with Gasteiger partial charge in [-0.15, -0.1) is 0 Å². The van der Waals surface area contributed by atoms with Gasteiger partial charge in [0.15, 0.2) is 0 Å². The first-order chi connectivity index (χ1) is 9.95. The van der Waals surface area contributed by atoms with Crippen molar-refractivity contribution in [2.24, 2.45) is 5.92 Å². The molecule has 1 aromatic carbocycles. The van der Waals surface area contributed by atoms with Crippen LogP contribution in [0.1, 0.15) is 18.4 Å². The largest absolute Gasteiger partial charge is 0.495 e. The molecule has 1 fully saturated rings. The average Bonchev–Trinajstić information content (AvgIpc) is 2.48. The Morgan fingerprint density at radius 3 is 2.81 bits per heavy atom. The SMILES string of the molecule is COc1ccc(C)cc1S(=O)(=O)N(C)CC1CCCNC1. The fourth-order valence-electron chi connectivity index (χ4n) is 2.69. The van der Waals surface area contributed by atoms with Crippen molar-refractivity contribution in [2.45, 2.75) is 24.7 Å².